The fourth-order valence-corrected chi connectivity index (χ4v) is 2.19. The number of hydrogen-bond donors (Lipinski definition) is 2. The van der Waals surface area contributed by atoms with E-state index in [0.717, 1.165) is 25.9 Å². The standard InChI is InChI=1S/C12H18N4O/c13-12(17)16-7-6-15-9-11(16)4-3-10-2-1-5-14-8-10/h1-2,5,8,11,15H,3-4,6-7,9H2,(H2,13,17). The molecule has 1 atom stereocenters. The third kappa shape index (κ3) is 3.17. The molecule has 0 saturated carbocycles. The fraction of sp³-hybridized carbons (Fsp3) is 0.500. The number of nitrogens with zero attached hydrogens (tertiary/aromatic N) is 2. The molecular weight excluding hydrogens is 216 g/mol. The number of aromatic nitrogens is 1. The first-order chi connectivity index (χ1) is 8.27. The van der Waals surface area contributed by atoms with E-state index in [0.29, 0.717) is 6.54 Å². The molecule has 1 aliphatic heterocycles. The molecule has 17 heavy (non-hydrogen) atoms. The van der Waals surface area contributed by atoms with Gasteiger partial charge in [0.15, 0.2) is 0 Å². The average molecular weight is 234 g/mol. The van der Waals surface area contributed by atoms with E-state index in [1.54, 1.807) is 11.1 Å². The van der Waals surface area contributed by atoms with Crippen LogP contribution in [0.3, 0.4) is 0 Å². The highest BCUT2D eigenvalue weighted by Crippen LogP contribution is 2.11. The number of nitrogens with two attached hydrogens (primary N) is 1. The van der Waals surface area contributed by atoms with E-state index in [9.17, 15) is 4.79 Å². The maximum atomic E-state index is 11.3. The van der Waals surface area contributed by atoms with Gasteiger partial charge in [0.05, 0.1) is 0 Å². The van der Waals surface area contributed by atoms with E-state index < -0.39 is 0 Å². The first-order valence-corrected chi connectivity index (χ1v) is 5.93. The van der Waals surface area contributed by atoms with Gasteiger partial charge in [-0.05, 0) is 24.5 Å². The lowest BCUT2D eigenvalue weighted by Crippen LogP contribution is -2.55. The van der Waals surface area contributed by atoms with E-state index in [4.69, 9.17) is 5.73 Å². The fourth-order valence-electron chi connectivity index (χ4n) is 2.19. The first kappa shape index (κ1) is 11.9. The van der Waals surface area contributed by atoms with Crippen LogP contribution in [0.2, 0.25) is 0 Å². The van der Waals surface area contributed by atoms with Gasteiger partial charge in [0.1, 0.15) is 0 Å². The molecule has 92 valence electrons. The molecule has 5 nitrogen and oxygen atoms in total. The van der Waals surface area contributed by atoms with Gasteiger partial charge < -0.3 is 16.0 Å². The second-order valence-corrected chi connectivity index (χ2v) is 4.29. The summed E-state index contributed by atoms with van der Waals surface area (Å²) in [6.45, 7) is 2.35. The number of aryl methyl sites for hydroxylation is 1. The molecular formula is C12H18N4O. The molecule has 1 fully saturated rings. The maximum absolute atomic E-state index is 11.3. The lowest BCUT2D eigenvalue weighted by molar-refractivity contribution is 0.162. The maximum Gasteiger partial charge on any atom is 0.315 e. The molecule has 1 aromatic rings. The Morgan fingerprint density at radius 3 is 3.24 bits per heavy atom. The van der Waals surface area contributed by atoms with Crippen LogP contribution in [-0.4, -0.2) is 41.6 Å². The third-order valence-corrected chi connectivity index (χ3v) is 3.12. The monoisotopic (exact) mass is 234 g/mol. The SMILES string of the molecule is NC(=O)N1CCNCC1CCc1cccnc1. The van der Waals surface area contributed by atoms with Crippen LogP contribution in [0, 0.1) is 0 Å². The second kappa shape index (κ2) is 5.63. The molecule has 2 heterocycles. The van der Waals surface area contributed by atoms with Crippen LogP contribution in [0.25, 0.3) is 0 Å². The number of urea groups is 1. The van der Waals surface area contributed by atoms with Gasteiger partial charge in [-0.15, -0.1) is 0 Å². The largest absolute Gasteiger partial charge is 0.351 e. The minimum absolute atomic E-state index is 0.196. The summed E-state index contributed by atoms with van der Waals surface area (Å²) in [6.07, 6.45) is 5.47. The van der Waals surface area contributed by atoms with Crippen molar-refractivity contribution in [3.8, 4) is 0 Å². The topological polar surface area (TPSA) is 71.2 Å². The zero-order valence-corrected chi connectivity index (χ0v) is 9.80. The Hall–Kier alpha value is -1.62. The number of primary amides is 1. The molecule has 0 aliphatic carbocycles. The summed E-state index contributed by atoms with van der Waals surface area (Å²) >= 11 is 0. The van der Waals surface area contributed by atoms with Gasteiger partial charge in [-0.25, -0.2) is 4.79 Å². The van der Waals surface area contributed by atoms with Gasteiger partial charge in [-0.3, -0.25) is 4.98 Å². The molecule has 1 saturated heterocycles. The number of carbonyl (C=O) groups excluding carboxylic acids is 1. The number of rotatable bonds is 3. The minimum atomic E-state index is -0.317. The van der Waals surface area contributed by atoms with Crippen molar-refractivity contribution in [1.82, 2.24) is 15.2 Å². The Labute approximate surface area is 101 Å². The lowest BCUT2D eigenvalue weighted by Gasteiger charge is -2.35. The highest BCUT2D eigenvalue weighted by molar-refractivity contribution is 5.72. The van der Waals surface area contributed by atoms with Crippen LogP contribution < -0.4 is 11.1 Å². The third-order valence-electron chi connectivity index (χ3n) is 3.12. The molecule has 0 spiro atoms. The van der Waals surface area contributed by atoms with Crippen molar-refractivity contribution in [2.24, 2.45) is 5.73 Å². The quantitative estimate of drug-likeness (QED) is 0.793. The Morgan fingerprint density at radius 2 is 2.53 bits per heavy atom. The van der Waals surface area contributed by atoms with Crippen LogP contribution >= 0.6 is 0 Å². The summed E-state index contributed by atoms with van der Waals surface area (Å²) in [5.41, 5.74) is 6.57. The van der Waals surface area contributed by atoms with E-state index >= 15 is 0 Å². The number of amides is 2. The zero-order chi connectivity index (χ0) is 12.1. The van der Waals surface area contributed by atoms with E-state index in [-0.39, 0.29) is 12.1 Å². The number of hydrogen-bond acceptors (Lipinski definition) is 3. The van der Waals surface area contributed by atoms with E-state index in [1.165, 1.54) is 5.56 Å². The van der Waals surface area contributed by atoms with Crippen LogP contribution in [0.1, 0.15) is 12.0 Å². The molecule has 5 heteroatoms. The predicted octanol–water partition coefficient (Wildman–Crippen LogP) is 0.367. The van der Waals surface area contributed by atoms with Gasteiger partial charge in [0.25, 0.3) is 0 Å². The summed E-state index contributed by atoms with van der Waals surface area (Å²) in [5.74, 6) is 0. The van der Waals surface area contributed by atoms with Crippen molar-refractivity contribution in [3.63, 3.8) is 0 Å². The van der Waals surface area contributed by atoms with Gasteiger partial charge in [-0.1, -0.05) is 6.07 Å². The Balaban J connectivity index is 1.90. The number of pyridine rings is 1. The van der Waals surface area contributed by atoms with Crippen molar-refractivity contribution in [2.75, 3.05) is 19.6 Å². The van der Waals surface area contributed by atoms with E-state index in [2.05, 4.69) is 16.4 Å². The molecule has 2 amide bonds. The Kier molecular flexibility index (Phi) is 3.93. The summed E-state index contributed by atoms with van der Waals surface area (Å²) in [5, 5.41) is 3.29. The van der Waals surface area contributed by atoms with Gasteiger partial charge >= 0.3 is 6.03 Å². The summed E-state index contributed by atoms with van der Waals surface area (Å²) < 4.78 is 0. The van der Waals surface area contributed by atoms with Crippen LogP contribution in [-0.2, 0) is 6.42 Å². The normalized spacial score (nSPS) is 20.2. The summed E-state index contributed by atoms with van der Waals surface area (Å²) in [4.78, 5) is 17.1. The zero-order valence-electron chi connectivity index (χ0n) is 9.80. The summed E-state index contributed by atoms with van der Waals surface area (Å²) in [6, 6.07) is 3.86. The molecule has 1 aliphatic rings. The predicted molar refractivity (Wildman–Crippen MR) is 65.5 cm³/mol. The highest BCUT2D eigenvalue weighted by atomic mass is 16.2. The van der Waals surface area contributed by atoms with Crippen molar-refractivity contribution in [1.29, 1.82) is 0 Å². The number of piperazine rings is 1. The van der Waals surface area contributed by atoms with Crippen molar-refractivity contribution < 1.29 is 4.79 Å². The van der Waals surface area contributed by atoms with Crippen molar-refractivity contribution in [2.45, 2.75) is 18.9 Å². The van der Waals surface area contributed by atoms with Crippen molar-refractivity contribution >= 4 is 6.03 Å². The average Bonchev–Trinajstić information content (AvgIpc) is 2.38. The highest BCUT2D eigenvalue weighted by Gasteiger charge is 2.24. The van der Waals surface area contributed by atoms with E-state index in [1.807, 2.05) is 12.3 Å². The van der Waals surface area contributed by atoms with Gasteiger partial charge in [0, 0.05) is 38.1 Å². The molecule has 0 radical (unpaired) electrons. The van der Waals surface area contributed by atoms with Crippen LogP contribution in [0.15, 0.2) is 24.5 Å². The number of carbonyl (C=O) groups is 1. The molecule has 0 bridgehead atoms. The first-order valence-electron chi connectivity index (χ1n) is 5.93. The van der Waals surface area contributed by atoms with Crippen LogP contribution in [0.5, 0.6) is 0 Å². The number of nitrogens with one attached hydrogen (secondary N) is 1. The smallest absolute Gasteiger partial charge is 0.315 e. The summed E-state index contributed by atoms with van der Waals surface area (Å²) in [7, 11) is 0. The Bertz CT molecular complexity index is 368. The molecule has 3 N–H and O–H groups in total. The second-order valence-electron chi connectivity index (χ2n) is 4.29. The van der Waals surface area contributed by atoms with Gasteiger partial charge in [0.2, 0.25) is 0 Å². The van der Waals surface area contributed by atoms with Gasteiger partial charge in [-0.2, -0.15) is 0 Å². The van der Waals surface area contributed by atoms with Crippen LogP contribution in [0.4, 0.5) is 4.79 Å². The molecule has 1 unspecified atom stereocenters. The Morgan fingerprint density at radius 1 is 1.65 bits per heavy atom. The van der Waals surface area contributed by atoms with Crippen molar-refractivity contribution in [3.05, 3.63) is 30.1 Å². The molecule has 1 aromatic heterocycles. The minimum Gasteiger partial charge on any atom is -0.351 e. The molecule has 0 aromatic carbocycles. The molecule has 2 rings (SSSR count). The lowest BCUT2D eigenvalue weighted by atomic mass is 10.0.